The van der Waals surface area contributed by atoms with E-state index in [1.165, 1.54) is 14.2 Å². The highest BCUT2D eigenvalue weighted by molar-refractivity contribution is 5.77. The highest BCUT2D eigenvalue weighted by atomic mass is 16.5. The van der Waals surface area contributed by atoms with Crippen molar-refractivity contribution in [2.24, 2.45) is 5.92 Å². The summed E-state index contributed by atoms with van der Waals surface area (Å²) in [6.45, 7) is 6.36. The van der Waals surface area contributed by atoms with Crippen molar-refractivity contribution in [1.29, 1.82) is 0 Å². The minimum atomic E-state index is -1.15. The fraction of sp³-hybridized carbons (Fsp3) is 0.947. The average molecular weight is 391 g/mol. The molecule has 0 aromatic rings. The van der Waals surface area contributed by atoms with Crippen molar-refractivity contribution in [1.82, 2.24) is 10.2 Å². The second-order valence-corrected chi connectivity index (χ2v) is 7.63. The Labute approximate surface area is 163 Å². The molecule has 8 nitrogen and oxygen atoms in total. The fourth-order valence-corrected chi connectivity index (χ4v) is 3.28. The summed E-state index contributed by atoms with van der Waals surface area (Å²) in [6.07, 6.45) is -0.193. The topological polar surface area (TPSA) is 100 Å². The lowest BCUT2D eigenvalue weighted by Gasteiger charge is -2.34. The zero-order valence-electron chi connectivity index (χ0n) is 17.2. The zero-order chi connectivity index (χ0) is 20.2. The number of nitrogens with zero attached hydrogens (tertiary/aromatic N) is 1. The van der Waals surface area contributed by atoms with E-state index in [2.05, 4.69) is 19.2 Å². The normalized spacial score (nSPS) is 29.5. The number of amides is 1. The number of hydrogen-bond acceptors (Lipinski definition) is 7. The van der Waals surface area contributed by atoms with Crippen molar-refractivity contribution in [3.63, 3.8) is 0 Å². The van der Waals surface area contributed by atoms with Gasteiger partial charge in [0.2, 0.25) is 5.91 Å². The van der Waals surface area contributed by atoms with Crippen LogP contribution in [0.5, 0.6) is 0 Å². The lowest BCUT2D eigenvalue weighted by atomic mass is 10.0. The molecule has 0 aromatic carbocycles. The number of carbonyl (C=O) groups is 1. The maximum Gasteiger partial charge on any atom is 0.248 e. The molecule has 1 aliphatic heterocycles. The number of methoxy groups -OCH3 is 2. The third-order valence-corrected chi connectivity index (χ3v) is 4.73. The molecule has 0 radical (unpaired) electrons. The summed E-state index contributed by atoms with van der Waals surface area (Å²) in [5.41, 5.74) is 0. The molecule has 0 bridgehead atoms. The molecule has 1 rings (SSSR count). The first-order valence-corrected chi connectivity index (χ1v) is 9.85. The van der Waals surface area contributed by atoms with Gasteiger partial charge >= 0.3 is 0 Å². The standard InChI is InChI=1S/C19H38N2O6/c1-14(2)9-15-10-21(18(23)13-25-3)11-17(26-4)19(24)16(22)12-27-8-6-5-7-20-15/h14-17,19-20,22,24H,5-13H2,1-4H3/t15?,16-,17-,19-/m1/s1. The van der Waals surface area contributed by atoms with Crippen LogP contribution in [0.15, 0.2) is 0 Å². The molecule has 0 aromatic heterocycles. The number of rotatable bonds is 5. The van der Waals surface area contributed by atoms with E-state index in [0.29, 0.717) is 19.1 Å². The van der Waals surface area contributed by atoms with Gasteiger partial charge in [0, 0.05) is 40.0 Å². The van der Waals surface area contributed by atoms with E-state index in [-0.39, 0.29) is 31.7 Å². The van der Waals surface area contributed by atoms with Crippen LogP contribution in [0.2, 0.25) is 0 Å². The van der Waals surface area contributed by atoms with Crippen molar-refractivity contribution in [3.8, 4) is 0 Å². The largest absolute Gasteiger partial charge is 0.388 e. The van der Waals surface area contributed by atoms with E-state index in [9.17, 15) is 15.0 Å². The Kier molecular flexibility index (Phi) is 12.1. The number of nitrogens with one attached hydrogen (secondary N) is 1. The number of ether oxygens (including phenoxy) is 3. The third kappa shape index (κ3) is 9.32. The maximum absolute atomic E-state index is 12.6. The first-order chi connectivity index (χ1) is 12.9. The summed E-state index contributed by atoms with van der Waals surface area (Å²) in [5.74, 6) is 0.315. The average Bonchev–Trinajstić information content (AvgIpc) is 2.62. The number of aliphatic hydroxyl groups excluding tert-OH is 2. The first-order valence-electron chi connectivity index (χ1n) is 9.85. The number of hydrogen-bond donors (Lipinski definition) is 3. The molecule has 0 aliphatic carbocycles. The van der Waals surface area contributed by atoms with Crippen LogP contribution in [0.3, 0.4) is 0 Å². The number of carbonyl (C=O) groups excluding carboxylic acids is 1. The van der Waals surface area contributed by atoms with Crippen molar-refractivity contribution >= 4 is 5.91 Å². The maximum atomic E-state index is 12.6. The van der Waals surface area contributed by atoms with Crippen LogP contribution in [0.1, 0.15) is 33.1 Å². The quantitative estimate of drug-likeness (QED) is 0.608. The van der Waals surface area contributed by atoms with Crippen LogP contribution < -0.4 is 5.32 Å². The Balaban J connectivity index is 2.97. The van der Waals surface area contributed by atoms with Gasteiger partial charge in [0.25, 0.3) is 0 Å². The molecule has 1 saturated heterocycles. The van der Waals surface area contributed by atoms with E-state index < -0.39 is 18.3 Å². The smallest absolute Gasteiger partial charge is 0.248 e. The van der Waals surface area contributed by atoms with Crippen molar-refractivity contribution < 1.29 is 29.2 Å². The summed E-state index contributed by atoms with van der Waals surface area (Å²) in [7, 11) is 2.95. The van der Waals surface area contributed by atoms with Crippen molar-refractivity contribution in [2.75, 3.05) is 53.7 Å². The van der Waals surface area contributed by atoms with Gasteiger partial charge in [0.05, 0.1) is 6.61 Å². The van der Waals surface area contributed by atoms with Crippen LogP contribution in [0.4, 0.5) is 0 Å². The minimum Gasteiger partial charge on any atom is -0.388 e. The van der Waals surface area contributed by atoms with Gasteiger partial charge in [0.1, 0.15) is 24.9 Å². The summed E-state index contributed by atoms with van der Waals surface area (Å²) in [5, 5.41) is 24.2. The van der Waals surface area contributed by atoms with Crippen LogP contribution in [-0.4, -0.2) is 99.0 Å². The van der Waals surface area contributed by atoms with Gasteiger partial charge in [0.15, 0.2) is 0 Å². The van der Waals surface area contributed by atoms with Gasteiger partial charge in [-0.15, -0.1) is 0 Å². The van der Waals surface area contributed by atoms with Gasteiger partial charge in [-0.25, -0.2) is 0 Å². The molecule has 4 atom stereocenters. The molecular weight excluding hydrogens is 352 g/mol. The lowest BCUT2D eigenvalue weighted by Crippen LogP contribution is -2.52. The van der Waals surface area contributed by atoms with Gasteiger partial charge in [-0.2, -0.15) is 0 Å². The molecule has 27 heavy (non-hydrogen) atoms. The summed E-state index contributed by atoms with van der Waals surface area (Å²) in [4.78, 5) is 14.2. The molecule has 0 saturated carbocycles. The molecule has 1 heterocycles. The molecule has 1 unspecified atom stereocenters. The van der Waals surface area contributed by atoms with Crippen molar-refractivity contribution in [2.45, 2.75) is 57.5 Å². The van der Waals surface area contributed by atoms with Crippen LogP contribution in [0, 0.1) is 5.92 Å². The second kappa shape index (κ2) is 13.4. The predicted octanol–water partition coefficient (Wildman–Crippen LogP) is 0.0129. The third-order valence-electron chi connectivity index (χ3n) is 4.73. The highest BCUT2D eigenvalue weighted by Crippen LogP contribution is 2.12. The highest BCUT2D eigenvalue weighted by Gasteiger charge is 2.31. The lowest BCUT2D eigenvalue weighted by molar-refractivity contribution is -0.142. The second-order valence-electron chi connectivity index (χ2n) is 7.63. The van der Waals surface area contributed by atoms with E-state index in [4.69, 9.17) is 14.2 Å². The molecule has 1 aliphatic rings. The van der Waals surface area contributed by atoms with E-state index in [0.717, 1.165) is 25.8 Å². The molecule has 1 amide bonds. The van der Waals surface area contributed by atoms with Crippen LogP contribution >= 0.6 is 0 Å². The predicted molar refractivity (Wildman–Crippen MR) is 103 cm³/mol. The van der Waals surface area contributed by atoms with E-state index in [1.807, 2.05) is 0 Å². The molecular formula is C19H38N2O6. The summed E-state index contributed by atoms with van der Waals surface area (Å²) in [6, 6.07) is 0.134. The van der Waals surface area contributed by atoms with Gasteiger partial charge in [-0.3, -0.25) is 4.79 Å². The Morgan fingerprint density at radius 3 is 2.63 bits per heavy atom. The van der Waals surface area contributed by atoms with Gasteiger partial charge in [-0.05, 0) is 31.7 Å². The van der Waals surface area contributed by atoms with E-state index in [1.54, 1.807) is 4.90 Å². The fourth-order valence-electron chi connectivity index (χ4n) is 3.28. The monoisotopic (exact) mass is 390 g/mol. The minimum absolute atomic E-state index is 0.0351. The molecule has 8 heteroatoms. The Hall–Kier alpha value is -0.770. The first kappa shape index (κ1) is 24.3. The SMILES string of the molecule is COCC(=O)N1CC(CC(C)C)NCCCCOC[C@@H](O)[C@@H](O)[C@H](OC)C1. The molecule has 160 valence electrons. The van der Waals surface area contributed by atoms with Gasteiger partial charge in [-0.1, -0.05) is 13.8 Å². The summed E-state index contributed by atoms with van der Waals surface area (Å²) >= 11 is 0. The van der Waals surface area contributed by atoms with Gasteiger partial charge < -0.3 is 34.6 Å². The Morgan fingerprint density at radius 1 is 1.26 bits per heavy atom. The van der Waals surface area contributed by atoms with Crippen LogP contribution in [0.25, 0.3) is 0 Å². The van der Waals surface area contributed by atoms with Crippen molar-refractivity contribution in [3.05, 3.63) is 0 Å². The summed E-state index contributed by atoms with van der Waals surface area (Å²) < 4.78 is 15.9. The molecule has 0 spiro atoms. The zero-order valence-corrected chi connectivity index (χ0v) is 17.2. The molecule has 3 N–H and O–H groups in total. The Morgan fingerprint density at radius 2 is 2.00 bits per heavy atom. The van der Waals surface area contributed by atoms with Crippen LogP contribution in [-0.2, 0) is 19.0 Å². The molecule has 1 fully saturated rings. The van der Waals surface area contributed by atoms with E-state index >= 15 is 0 Å². The Bertz CT molecular complexity index is 410. The number of aliphatic hydroxyl groups is 2.